The van der Waals surface area contributed by atoms with Gasteiger partial charge in [-0.05, 0) is 63.4 Å². The molecule has 4 nitrogen and oxygen atoms in total. The normalized spacial score (nSPS) is 12.1. The van der Waals surface area contributed by atoms with Gasteiger partial charge in [-0.15, -0.1) is 0 Å². The molecule has 1 heterocycles. The van der Waals surface area contributed by atoms with Gasteiger partial charge in [-0.1, -0.05) is 35.1 Å². The van der Waals surface area contributed by atoms with E-state index in [0.29, 0.717) is 25.3 Å². The molecule has 142 valence electrons. The highest BCUT2D eigenvalue weighted by atomic mass is 32.1. The Hall–Kier alpha value is -2.24. The maximum atomic E-state index is 12.9. The van der Waals surface area contributed by atoms with E-state index in [4.69, 9.17) is 4.74 Å². The molecule has 0 fully saturated rings. The molecule has 0 saturated carbocycles. The first-order chi connectivity index (χ1) is 12.9. The molecule has 0 saturated heterocycles. The SMILES string of the molecule is CCOCCn1c(=NC(=O)c2ccc(C)cc2C)sc2cc(C)cc(C)c21. The van der Waals surface area contributed by atoms with Crippen molar-refractivity contribution < 1.29 is 9.53 Å². The summed E-state index contributed by atoms with van der Waals surface area (Å²) in [7, 11) is 0. The Labute approximate surface area is 164 Å². The van der Waals surface area contributed by atoms with E-state index < -0.39 is 0 Å². The molecule has 0 atom stereocenters. The van der Waals surface area contributed by atoms with Crippen LogP contribution in [0.5, 0.6) is 0 Å². The van der Waals surface area contributed by atoms with Gasteiger partial charge in [-0.3, -0.25) is 4.79 Å². The lowest BCUT2D eigenvalue weighted by Crippen LogP contribution is -2.20. The summed E-state index contributed by atoms with van der Waals surface area (Å²) in [4.78, 5) is 18.1. The maximum Gasteiger partial charge on any atom is 0.279 e. The Morgan fingerprint density at radius 1 is 1.07 bits per heavy atom. The zero-order valence-corrected chi connectivity index (χ0v) is 17.4. The summed E-state index contributed by atoms with van der Waals surface area (Å²) in [5, 5.41) is 0. The second-order valence-electron chi connectivity index (χ2n) is 6.90. The van der Waals surface area contributed by atoms with Crippen LogP contribution in [0.2, 0.25) is 0 Å². The largest absolute Gasteiger partial charge is 0.380 e. The minimum atomic E-state index is -0.196. The van der Waals surface area contributed by atoms with Crippen molar-refractivity contribution in [3.05, 3.63) is 63.0 Å². The van der Waals surface area contributed by atoms with E-state index in [2.05, 4.69) is 35.5 Å². The second kappa shape index (κ2) is 8.19. The van der Waals surface area contributed by atoms with Gasteiger partial charge in [0.25, 0.3) is 5.91 Å². The molecule has 0 N–H and O–H groups in total. The predicted molar refractivity (Wildman–Crippen MR) is 112 cm³/mol. The molecule has 1 amide bonds. The molecular formula is C22H26N2O2S. The summed E-state index contributed by atoms with van der Waals surface area (Å²) in [5.74, 6) is -0.196. The van der Waals surface area contributed by atoms with E-state index in [9.17, 15) is 4.79 Å². The van der Waals surface area contributed by atoms with Gasteiger partial charge >= 0.3 is 0 Å². The quantitative estimate of drug-likeness (QED) is 0.600. The number of aromatic nitrogens is 1. The second-order valence-corrected chi connectivity index (χ2v) is 7.91. The van der Waals surface area contributed by atoms with Crippen LogP contribution in [0.4, 0.5) is 0 Å². The Bertz CT molecular complexity index is 1060. The fourth-order valence-electron chi connectivity index (χ4n) is 3.39. The molecular weight excluding hydrogens is 356 g/mol. The molecule has 0 aliphatic heterocycles. The van der Waals surface area contributed by atoms with Crippen LogP contribution in [-0.2, 0) is 11.3 Å². The number of carbonyl (C=O) groups is 1. The molecule has 27 heavy (non-hydrogen) atoms. The number of rotatable bonds is 5. The van der Waals surface area contributed by atoms with Crippen LogP contribution in [-0.4, -0.2) is 23.7 Å². The number of fused-ring (bicyclic) bond motifs is 1. The maximum absolute atomic E-state index is 12.9. The van der Waals surface area contributed by atoms with Crippen molar-refractivity contribution in [2.45, 2.75) is 41.2 Å². The smallest absolute Gasteiger partial charge is 0.279 e. The number of thiazole rings is 1. The van der Waals surface area contributed by atoms with Gasteiger partial charge in [0, 0.05) is 18.7 Å². The minimum absolute atomic E-state index is 0.196. The fourth-order valence-corrected chi connectivity index (χ4v) is 4.62. The van der Waals surface area contributed by atoms with Crippen LogP contribution in [0.25, 0.3) is 10.2 Å². The third-order valence-electron chi connectivity index (χ3n) is 4.58. The zero-order valence-electron chi connectivity index (χ0n) is 16.6. The van der Waals surface area contributed by atoms with E-state index in [1.54, 1.807) is 11.3 Å². The van der Waals surface area contributed by atoms with E-state index >= 15 is 0 Å². The highest BCUT2D eigenvalue weighted by Crippen LogP contribution is 2.23. The average Bonchev–Trinajstić information content (AvgIpc) is 2.92. The molecule has 2 aromatic carbocycles. The van der Waals surface area contributed by atoms with Crippen molar-refractivity contribution >= 4 is 27.5 Å². The van der Waals surface area contributed by atoms with Gasteiger partial charge in [0.1, 0.15) is 0 Å². The lowest BCUT2D eigenvalue weighted by atomic mass is 10.1. The number of hydrogen-bond acceptors (Lipinski definition) is 3. The molecule has 0 bridgehead atoms. The average molecular weight is 383 g/mol. The molecule has 3 aromatic rings. The standard InChI is InChI=1S/C22H26N2O2S/c1-6-26-10-9-24-20-17(5)12-15(3)13-19(20)27-22(24)23-21(25)18-8-7-14(2)11-16(18)4/h7-8,11-13H,6,9-10H2,1-5H3. The van der Waals surface area contributed by atoms with Gasteiger partial charge in [-0.2, -0.15) is 4.99 Å². The number of hydrogen-bond donors (Lipinski definition) is 0. The lowest BCUT2D eigenvalue weighted by Gasteiger charge is -2.08. The predicted octanol–water partition coefficient (Wildman–Crippen LogP) is 4.71. The van der Waals surface area contributed by atoms with Crippen molar-refractivity contribution in [2.24, 2.45) is 4.99 Å². The topological polar surface area (TPSA) is 43.6 Å². The first-order valence-corrected chi connectivity index (χ1v) is 10.1. The first kappa shape index (κ1) is 19.5. The van der Waals surface area contributed by atoms with E-state index in [-0.39, 0.29) is 5.91 Å². The fraction of sp³-hybridized carbons (Fsp3) is 0.364. The monoisotopic (exact) mass is 382 g/mol. The van der Waals surface area contributed by atoms with Gasteiger partial charge in [0.05, 0.1) is 16.8 Å². The molecule has 1 aromatic heterocycles. The summed E-state index contributed by atoms with van der Waals surface area (Å²) in [6.07, 6.45) is 0. The van der Waals surface area contributed by atoms with Gasteiger partial charge in [0.15, 0.2) is 4.80 Å². The van der Waals surface area contributed by atoms with Crippen LogP contribution in [0.15, 0.2) is 35.3 Å². The van der Waals surface area contributed by atoms with Crippen LogP contribution in [0.1, 0.15) is 39.5 Å². The van der Waals surface area contributed by atoms with E-state index in [0.717, 1.165) is 26.1 Å². The van der Waals surface area contributed by atoms with Crippen LogP contribution >= 0.6 is 11.3 Å². The van der Waals surface area contributed by atoms with E-state index in [1.807, 2.05) is 39.0 Å². The number of aryl methyl sites for hydroxylation is 4. The van der Waals surface area contributed by atoms with Gasteiger partial charge < -0.3 is 9.30 Å². The van der Waals surface area contributed by atoms with Crippen molar-refractivity contribution in [3.63, 3.8) is 0 Å². The number of amides is 1. The Kier molecular flexibility index (Phi) is 5.92. The number of benzene rings is 2. The lowest BCUT2D eigenvalue weighted by molar-refractivity contribution is 0.0996. The number of ether oxygens (including phenoxy) is 1. The third kappa shape index (κ3) is 4.20. The number of nitrogens with zero attached hydrogens (tertiary/aromatic N) is 2. The third-order valence-corrected chi connectivity index (χ3v) is 5.61. The van der Waals surface area contributed by atoms with Crippen LogP contribution in [0.3, 0.4) is 0 Å². The summed E-state index contributed by atoms with van der Waals surface area (Å²) in [5.41, 5.74) is 6.30. The van der Waals surface area contributed by atoms with E-state index in [1.165, 1.54) is 11.1 Å². The molecule has 0 unspecified atom stereocenters. The summed E-state index contributed by atoms with van der Waals surface area (Å²) in [6.45, 7) is 12.1. The molecule has 0 spiro atoms. The van der Waals surface area contributed by atoms with Crippen molar-refractivity contribution in [1.82, 2.24) is 4.57 Å². The molecule has 0 aliphatic rings. The minimum Gasteiger partial charge on any atom is -0.380 e. The molecule has 3 rings (SSSR count). The Morgan fingerprint density at radius 2 is 1.81 bits per heavy atom. The summed E-state index contributed by atoms with van der Waals surface area (Å²) >= 11 is 1.56. The van der Waals surface area contributed by atoms with Gasteiger partial charge in [0.2, 0.25) is 0 Å². The van der Waals surface area contributed by atoms with Crippen molar-refractivity contribution in [1.29, 1.82) is 0 Å². The molecule has 0 radical (unpaired) electrons. The highest BCUT2D eigenvalue weighted by Gasteiger charge is 2.13. The first-order valence-electron chi connectivity index (χ1n) is 9.25. The van der Waals surface area contributed by atoms with Crippen molar-refractivity contribution in [3.8, 4) is 0 Å². The zero-order chi connectivity index (χ0) is 19.6. The molecule has 0 aliphatic carbocycles. The highest BCUT2D eigenvalue weighted by molar-refractivity contribution is 7.16. The molecule has 5 heteroatoms. The Balaban J connectivity index is 2.13. The van der Waals surface area contributed by atoms with Crippen molar-refractivity contribution in [2.75, 3.05) is 13.2 Å². The Morgan fingerprint density at radius 3 is 2.52 bits per heavy atom. The summed E-state index contributed by atoms with van der Waals surface area (Å²) in [6, 6.07) is 10.2. The van der Waals surface area contributed by atoms with Crippen LogP contribution in [0, 0.1) is 27.7 Å². The number of carbonyl (C=O) groups excluding carboxylic acids is 1. The summed E-state index contributed by atoms with van der Waals surface area (Å²) < 4.78 is 8.82. The van der Waals surface area contributed by atoms with Crippen LogP contribution < -0.4 is 4.80 Å². The van der Waals surface area contributed by atoms with Gasteiger partial charge in [-0.25, -0.2) is 0 Å².